The zero-order valence-corrected chi connectivity index (χ0v) is 36.1. The molecule has 16 nitrogen and oxygen atoms in total. The molecule has 0 saturated heterocycles. The van der Waals surface area contributed by atoms with Gasteiger partial charge in [-0.2, -0.15) is 0 Å². The topological polar surface area (TPSA) is 210 Å². The second-order valence-corrected chi connectivity index (χ2v) is 16.8. The van der Waals surface area contributed by atoms with E-state index in [4.69, 9.17) is 34.0 Å². The van der Waals surface area contributed by atoms with Crippen LogP contribution in [0.4, 0.5) is 8.78 Å². The number of benzene rings is 4. The normalized spacial score (nSPS) is 13.2. The molecule has 336 valence electrons. The summed E-state index contributed by atoms with van der Waals surface area (Å²) >= 11 is 0. The number of aromatic nitrogens is 2. The van der Waals surface area contributed by atoms with Gasteiger partial charge in [0.2, 0.25) is 6.79 Å². The lowest BCUT2D eigenvalue weighted by atomic mass is 9.99. The van der Waals surface area contributed by atoms with Gasteiger partial charge in [-0.1, -0.05) is 23.3 Å². The maximum absolute atomic E-state index is 14.6. The van der Waals surface area contributed by atoms with E-state index in [1.165, 1.54) is 28.5 Å². The van der Waals surface area contributed by atoms with Crippen LogP contribution in [0.25, 0.3) is 38.5 Å². The number of hydrogen-bond donors (Lipinski definition) is 1. The number of fused-ring (bicyclic) bond motifs is 5. The molecule has 0 fully saturated rings. The fourth-order valence-corrected chi connectivity index (χ4v) is 7.99. The predicted octanol–water partition coefficient (Wildman–Crippen LogP) is 7.75. The first-order valence-corrected chi connectivity index (χ1v) is 22.1. The number of nitrogens with zero attached hydrogens (tertiary/aromatic N) is 4. The first-order valence-electron chi connectivity index (χ1n) is 20.1. The van der Waals surface area contributed by atoms with Gasteiger partial charge < -0.3 is 38.0 Å². The Bertz CT molecular complexity index is 3070. The molecule has 0 bridgehead atoms. The van der Waals surface area contributed by atoms with Crippen LogP contribution in [0.15, 0.2) is 101 Å². The number of H-pyrrole nitrogens is 1. The lowest BCUT2D eigenvalue weighted by molar-refractivity contribution is -0.138. The van der Waals surface area contributed by atoms with Crippen LogP contribution < -0.4 is 29.2 Å². The Balaban J connectivity index is 0.000000174. The summed E-state index contributed by atoms with van der Waals surface area (Å²) in [5.41, 5.74) is 11.3. The van der Waals surface area contributed by atoms with Gasteiger partial charge in [-0.25, -0.2) is 22.0 Å². The van der Waals surface area contributed by atoms with E-state index in [0.717, 1.165) is 54.5 Å². The fourth-order valence-electron chi connectivity index (χ4n) is 7.37. The number of pyridine rings is 1. The van der Waals surface area contributed by atoms with Crippen LogP contribution in [0.2, 0.25) is 0 Å². The molecule has 0 atom stereocenters. The molecule has 5 heterocycles. The highest BCUT2D eigenvalue weighted by molar-refractivity contribution is 7.91. The molecule has 0 unspecified atom stereocenters. The molecule has 65 heavy (non-hydrogen) atoms. The number of Topliss-reactive ketones (excluding diaryl/α,β-unsaturated/α-hetero) is 1. The van der Waals surface area contributed by atoms with Crippen molar-refractivity contribution < 1.29 is 55.2 Å². The van der Waals surface area contributed by atoms with Crippen molar-refractivity contribution in [2.45, 2.75) is 26.3 Å². The van der Waals surface area contributed by atoms with Crippen molar-refractivity contribution in [2.24, 2.45) is 5.11 Å². The van der Waals surface area contributed by atoms with Crippen molar-refractivity contribution in [3.8, 4) is 39.9 Å². The molecule has 6 aromatic rings. The number of esters is 1. The van der Waals surface area contributed by atoms with Crippen LogP contribution in [0.5, 0.6) is 28.7 Å². The van der Waals surface area contributed by atoms with Crippen LogP contribution >= 0.6 is 0 Å². The molecular weight excluding hydrogens is 869 g/mol. The highest BCUT2D eigenvalue weighted by Crippen LogP contribution is 2.44. The van der Waals surface area contributed by atoms with Gasteiger partial charge in [-0.3, -0.25) is 9.59 Å². The summed E-state index contributed by atoms with van der Waals surface area (Å²) in [4.78, 5) is 43.1. The van der Waals surface area contributed by atoms with E-state index in [9.17, 15) is 31.6 Å². The molecule has 0 saturated carbocycles. The number of rotatable bonds is 11. The predicted molar refractivity (Wildman–Crippen MR) is 235 cm³/mol. The van der Waals surface area contributed by atoms with Gasteiger partial charge in [0.1, 0.15) is 40.3 Å². The Morgan fingerprint density at radius 3 is 2.46 bits per heavy atom. The number of carbonyl (C=O) groups is 2. The van der Waals surface area contributed by atoms with Crippen molar-refractivity contribution in [1.29, 1.82) is 0 Å². The second-order valence-electron chi connectivity index (χ2n) is 14.6. The quantitative estimate of drug-likeness (QED) is 0.0332. The summed E-state index contributed by atoms with van der Waals surface area (Å²) in [7, 11) is -2.08. The van der Waals surface area contributed by atoms with E-state index in [1.807, 2.05) is 18.2 Å². The van der Waals surface area contributed by atoms with Crippen LogP contribution in [-0.2, 0) is 38.8 Å². The number of azide groups is 1. The summed E-state index contributed by atoms with van der Waals surface area (Å²) in [5, 5.41) is 3.78. The lowest BCUT2D eigenvalue weighted by Crippen LogP contribution is -2.20. The molecule has 3 aliphatic rings. The number of nitrogens with one attached hydrogen (secondary N) is 1. The Kier molecular flexibility index (Phi) is 13.8. The number of halogens is 2. The Morgan fingerprint density at radius 1 is 0.938 bits per heavy atom. The molecule has 0 spiro atoms. The average molecular weight is 910 g/mol. The summed E-state index contributed by atoms with van der Waals surface area (Å²) in [5.74, 6) is -0.0739. The number of carbonyl (C=O) groups excluding carboxylic acids is 2. The third kappa shape index (κ3) is 10.4. The molecule has 9 rings (SSSR count). The Labute approximate surface area is 370 Å². The van der Waals surface area contributed by atoms with Gasteiger partial charge in [0, 0.05) is 53.0 Å². The number of aromatic amines is 1. The van der Waals surface area contributed by atoms with Gasteiger partial charge >= 0.3 is 5.97 Å². The first kappa shape index (κ1) is 45.4. The third-order valence-corrected chi connectivity index (χ3v) is 11.0. The summed E-state index contributed by atoms with van der Waals surface area (Å²) in [6, 6.07) is 20.7. The smallest absolute Gasteiger partial charge is 0.340 e. The molecule has 0 radical (unpaired) electrons. The fraction of sp³-hybridized carbons (Fsp3) is 0.239. The monoisotopic (exact) mass is 909 g/mol. The van der Waals surface area contributed by atoms with E-state index in [0.29, 0.717) is 46.7 Å². The molecule has 0 amide bonds. The van der Waals surface area contributed by atoms with Crippen LogP contribution in [0, 0.1) is 11.6 Å². The summed E-state index contributed by atoms with van der Waals surface area (Å²) in [6.45, 7) is 2.99. The van der Waals surface area contributed by atoms with Crippen molar-refractivity contribution in [3.63, 3.8) is 0 Å². The van der Waals surface area contributed by atoms with E-state index in [-0.39, 0.29) is 48.0 Å². The molecule has 19 heteroatoms. The number of methoxy groups -OCH3 is 1. The second kappa shape index (κ2) is 19.8. The van der Waals surface area contributed by atoms with Crippen molar-refractivity contribution in [1.82, 2.24) is 9.55 Å². The minimum atomic E-state index is -3.75. The number of hydrogen-bond acceptors (Lipinski definition) is 12. The zero-order valence-electron chi connectivity index (χ0n) is 35.3. The Hall–Kier alpha value is -7.63. The van der Waals surface area contributed by atoms with Crippen molar-refractivity contribution >= 4 is 38.6 Å². The summed E-state index contributed by atoms with van der Waals surface area (Å²) < 4.78 is 85.6. The molecule has 2 aromatic heterocycles. The average Bonchev–Trinajstić information content (AvgIpc) is 4.11. The van der Waals surface area contributed by atoms with E-state index in [2.05, 4.69) is 21.1 Å². The number of ketones is 1. The van der Waals surface area contributed by atoms with Gasteiger partial charge in [-0.05, 0) is 89.8 Å². The zero-order chi connectivity index (χ0) is 46.3. The van der Waals surface area contributed by atoms with Gasteiger partial charge in [-0.15, -0.1) is 0 Å². The maximum atomic E-state index is 14.6. The maximum Gasteiger partial charge on any atom is 0.340 e. The Morgan fingerprint density at radius 2 is 1.71 bits per heavy atom. The molecule has 4 aromatic carbocycles. The lowest BCUT2D eigenvalue weighted by Gasteiger charge is -2.12. The number of sulfone groups is 1. The highest BCUT2D eigenvalue weighted by atomic mass is 32.2. The van der Waals surface area contributed by atoms with Gasteiger partial charge in [0.05, 0.1) is 50.1 Å². The van der Waals surface area contributed by atoms with Crippen molar-refractivity contribution in [2.75, 3.05) is 45.7 Å². The minimum absolute atomic E-state index is 0.0368. The highest BCUT2D eigenvalue weighted by Gasteiger charge is 2.31. The third-order valence-electron chi connectivity index (χ3n) is 10.2. The SMILES string of the molecule is CCOC(=O)/C(=C/c1ccc2c(c1)OCO2)N=[N+]=[N-].COc1ccc2c(c1)OCC2.CS(=O)(=O)CC(=O)c1c(-c2ccc[nH]c2=O)c2c3c(ccc2n1Cc1cc(F)ccc1F)CCO3. The molecule has 1 N–H and O–H groups in total. The first-order chi connectivity index (χ1) is 31.3. The largest absolute Gasteiger partial charge is 0.497 e. The van der Waals surface area contributed by atoms with Crippen molar-refractivity contribution in [3.05, 3.63) is 151 Å². The van der Waals surface area contributed by atoms with Gasteiger partial charge in [0.15, 0.2) is 27.1 Å². The number of ether oxygens (including phenoxy) is 6. The van der Waals surface area contributed by atoms with E-state index < -0.39 is 44.5 Å². The summed E-state index contributed by atoms with van der Waals surface area (Å²) in [6.07, 6.45) is 5.44. The standard InChI is InChI=1S/C25H20F2N2O5S.C12H11N3O4.C9H10O2/c1-35(32,33)13-20(30)23-21(17-3-2-9-28-25(17)31)22-19(7-4-14-8-10-34-24(14)22)29(23)12-15-11-16(26)5-6-18(15)27;1-2-17-12(16)9(14-15-13)5-8-3-4-10-11(6-8)19-7-18-10;1-10-8-3-2-7-4-5-11-9(7)6-8/h2-7,9,11H,8,10,12-13H2,1H3,(H,28,31);3-6H,2,7H2,1H3;2-3,6H,4-5H2,1H3/b;9-5-;. The van der Waals surface area contributed by atoms with Crippen LogP contribution in [-0.4, -0.2) is 75.5 Å². The molecule has 0 aliphatic carbocycles. The minimum Gasteiger partial charge on any atom is -0.497 e. The van der Waals surface area contributed by atoms with E-state index in [1.54, 1.807) is 44.4 Å². The molecular formula is C46H41F2N5O11S. The van der Waals surface area contributed by atoms with Crippen LogP contribution in [0.3, 0.4) is 0 Å². The van der Waals surface area contributed by atoms with E-state index >= 15 is 0 Å². The molecule has 3 aliphatic heterocycles. The van der Waals surface area contributed by atoms with Crippen LogP contribution in [0.1, 0.15) is 39.7 Å². The van der Waals surface area contributed by atoms with Gasteiger partial charge in [0.25, 0.3) is 5.56 Å².